The summed E-state index contributed by atoms with van der Waals surface area (Å²) in [7, 11) is 0. The number of ether oxygens (including phenoxy) is 1. The molecule has 2 aliphatic rings. The molecule has 1 saturated carbocycles. The Bertz CT molecular complexity index is 1270. The van der Waals surface area contributed by atoms with Gasteiger partial charge < -0.3 is 20.7 Å². The molecule has 3 N–H and O–H groups in total. The van der Waals surface area contributed by atoms with Crippen LogP contribution >= 0.6 is 11.8 Å². The summed E-state index contributed by atoms with van der Waals surface area (Å²) in [6.07, 6.45) is 2.33. The van der Waals surface area contributed by atoms with Crippen LogP contribution in [0, 0.1) is 17.0 Å². The Morgan fingerprint density at radius 1 is 0.971 bits per heavy atom. The molecule has 2 heterocycles. The Balaban J connectivity index is 1.26. The van der Waals surface area contributed by atoms with Crippen LogP contribution in [-0.2, 0) is 9.59 Å². The zero-order valence-corrected chi connectivity index (χ0v) is 18.7. The van der Waals surface area contributed by atoms with Crippen LogP contribution in [0.25, 0.3) is 0 Å². The molecule has 1 aliphatic heterocycles. The van der Waals surface area contributed by atoms with Gasteiger partial charge in [-0.15, -0.1) is 11.8 Å². The van der Waals surface area contributed by atoms with Crippen molar-refractivity contribution in [1.82, 2.24) is 4.98 Å². The lowest BCUT2D eigenvalue weighted by Crippen LogP contribution is -2.35. The molecule has 0 saturated heterocycles. The van der Waals surface area contributed by atoms with Crippen molar-refractivity contribution in [3.63, 3.8) is 0 Å². The summed E-state index contributed by atoms with van der Waals surface area (Å²) in [5.41, 5.74) is -0.631. The van der Waals surface area contributed by atoms with E-state index in [-0.39, 0.29) is 11.4 Å². The van der Waals surface area contributed by atoms with E-state index in [2.05, 4.69) is 20.9 Å². The van der Waals surface area contributed by atoms with Crippen molar-refractivity contribution in [1.29, 1.82) is 0 Å². The highest BCUT2D eigenvalue weighted by atomic mass is 32.2. The van der Waals surface area contributed by atoms with Gasteiger partial charge in [0.25, 0.3) is 0 Å². The second-order valence-electron chi connectivity index (χ2n) is 8.01. The third kappa shape index (κ3) is 4.41. The standard InChI is InChI=1S/C24H20F2N4O3S/c25-14-1-3-15(4-2-14)29-22(31)24(8-9-24)23(32)30-16-5-6-18(17(26)13-16)33-19-7-10-27-21-20(19)34-12-11-28-21/h1-7,10,13H,8-9,11-12H2,(H,27,28)(H,29,31)(H,30,32). The van der Waals surface area contributed by atoms with Crippen molar-refractivity contribution in [2.24, 2.45) is 5.41 Å². The summed E-state index contributed by atoms with van der Waals surface area (Å²) in [5, 5.41) is 8.44. The summed E-state index contributed by atoms with van der Waals surface area (Å²) >= 11 is 1.58. The number of nitrogens with zero attached hydrogens (tertiary/aromatic N) is 1. The SMILES string of the molecule is O=C(Nc1ccc(F)cc1)C1(C(=O)Nc2ccc(Oc3ccnc4c3SCCN4)c(F)c2)CC1. The minimum absolute atomic E-state index is 0.00719. The molecular weight excluding hydrogens is 462 g/mol. The Hall–Kier alpha value is -3.66. The summed E-state index contributed by atoms with van der Waals surface area (Å²) in [4.78, 5) is 30.6. The van der Waals surface area contributed by atoms with Gasteiger partial charge in [0.1, 0.15) is 22.8 Å². The number of carbonyl (C=O) groups excluding carboxylic acids is 2. The topological polar surface area (TPSA) is 92.4 Å². The van der Waals surface area contributed by atoms with Crippen LogP contribution in [-0.4, -0.2) is 29.1 Å². The highest BCUT2D eigenvalue weighted by molar-refractivity contribution is 7.99. The maximum Gasteiger partial charge on any atom is 0.240 e. The third-order valence-electron chi connectivity index (χ3n) is 5.64. The van der Waals surface area contributed by atoms with Crippen LogP contribution in [0.2, 0.25) is 0 Å². The smallest absolute Gasteiger partial charge is 0.240 e. The molecular formula is C24H20F2N4O3S. The lowest BCUT2D eigenvalue weighted by Gasteiger charge is -2.19. The van der Waals surface area contributed by atoms with E-state index in [1.165, 1.54) is 36.4 Å². The van der Waals surface area contributed by atoms with Crippen LogP contribution in [0.1, 0.15) is 12.8 Å². The first-order valence-corrected chi connectivity index (χ1v) is 11.6. The minimum Gasteiger partial charge on any atom is -0.453 e. The van der Waals surface area contributed by atoms with E-state index in [0.29, 0.717) is 30.1 Å². The van der Waals surface area contributed by atoms with Gasteiger partial charge in [0, 0.05) is 42.0 Å². The molecule has 174 valence electrons. The molecule has 1 aliphatic carbocycles. The number of amides is 2. The van der Waals surface area contributed by atoms with E-state index in [1.807, 2.05) is 0 Å². The van der Waals surface area contributed by atoms with Crippen LogP contribution in [0.5, 0.6) is 11.5 Å². The van der Waals surface area contributed by atoms with Crippen molar-refractivity contribution in [2.45, 2.75) is 17.7 Å². The van der Waals surface area contributed by atoms with E-state index in [1.54, 1.807) is 24.0 Å². The molecule has 10 heteroatoms. The van der Waals surface area contributed by atoms with Crippen molar-refractivity contribution in [3.8, 4) is 11.5 Å². The molecule has 2 amide bonds. The van der Waals surface area contributed by atoms with Crippen molar-refractivity contribution in [2.75, 3.05) is 28.2 Å². The first kappa shape index (κ1) is 22.1. The maximum absolute atomic E-state index is 14.8. The van der Waals surface area contributed by atoms with Gasteiger partial charge in [-0.2, -0.15) is 0 Å². The number of hydrogen-bond donors (Lipinski definition) is 3. The monoisotopic (exact) mass is 482 g/mol. The molecule has 34 heavy (non-hydrogen) atoms. The highest BCUT2D eigenvalue weighted by Crippen LogP contribution is 2.47. The third-order valence-corrected chi connectivity index (χ3v) is 6.73. The zero-order chi connectivity index (χ0) is 23.7. The van der Waals surface area contributed by atoms with Gasteiger partial charge in [-0.25, -0.2) is 13.8 Å². The van der Waals surface area contributed by atoms with Gasteiger partial charge in [-0.1, -0.05) is 0 Å². The molecule has 0 atom stereocenters. The van der Waals surface area contributed by atoms with E-state index < -0.39 is 28.9 Å². The Morgan fingerprint density at radius 3 is 2.38 bits per heavy atom. The number of benzene rings is 2. The molecule has 1 fully saturated rings. The number of aromatic nitrogens is 1. The molecule has 0 spiro atoms. The number of fused-ring (bicyclic) bond motifs is 1. The van der Waals surface area contributed by atoms with Gasteiger partial charge in [0.2, 0.25) is 11.8 Å². The van der Waals surface area contributed by atoms with Crippen molar-refractivity contribution >= 4 is 40.8 Å². The van der Waals surface area contributed by atoms with Gasteiger partial charge in [0.05, 0.1) is 4.90 Å². The van der Waals surface area contributed by atoms with E-state index >= 15 is 0 Å². The average molecular weight is 483 g/mol. The summed E-state index contributed by atoms with van der Waals surface area (Å²) in [6, 6.07) is 11.1. The Morgan fingerprint density at radius 2 is 1.68 bits per heavy atom. The van der Waals surface area contributed by atoms with Crippen LogP contribution in [0.15, 0.2) is 59.6 Å². The lowest BCUT2D eigenvalue weighted by atomic mass is 10.0. The molecule has 0 radical (unpaired) electrons. The fraction of sp³-hybridized carbons (Fsp3) is 0.208. The van der Waals surface area contributed by atoms with Gasteiger partial charge >= 0.3 is 0 Å². The average Bonchev–Trinajstić information content (AvgIpc) is 3.65. The van der Waals surface area contributed by atoms with Crippen molar-refractivity contribution in [3.05, 3.63) is 66.4 Å². The number of thioether (sulfide) groups is 1. The number of anilines is 3. The maximum atomic E-state index is 14.8. The molecule has 0 bridgehead atoms. The quantitative estimate of drug-likeness (QED) is 0.427. The van der Waals surface area contributed by atoms with Crippen molar-refractivity contribution < 1.29 is 23.1 Å². The second kappa shape index (κ2) is 8.94. The highest BCUT2D eigenvalue weighted by Gasteiger charge is 2.56. The van der Waals surface area contributed by atoms with Gasteiger partial charge in [-0.3, -0.25) is 9.59 Å². The molecule has 0 unspecified atom stereocenters. The lowest BCUT2D eigenvalue weighted by molar-refractivity contribution is -0.131. The normalized spacial score (nSPS) is 15.5. The first-order chi connectivity index (χ1) is 16.4. The second-order valence-corrected chi connectivity index (χ2v) is 9.11. The zero-order valence-electron chi connectivity index (χ0n) is 17.9. The predicted molar refractivity (Wildman–Crippen MR) is 125 cm³/mol. The number of hydrogen-bond acceptors (Lipinski definition) is 6. The van der Waals surface area contributed by atoms with E-state index in [9.17, 15) is 18.4 Å². The van der Waals surface area contributed by atoms with E-state index in [0.717, 1.165) is 23.3 Å². The Kier molecular flexibility index (Phi) is 5.82. The molecule has 1 aromatic heterocycles. The van der Waals surface area contributed by atoms with Crippen LogP contribution in [0.4, 0.5) is 26.0 Å². The fourth-order valence-corrected chi connectivity index (χ4v) is 4.52. The summed E-state index contributed by atoms with van der Waals surface area (Å²) in [6.45, 7) is 0.792. The largest absolute Gasteiger partial charge is 0.453 e. The molecule has 2 aromatic carbocycles. The van der Waals surface area contributed by atoms with E-state index in [4.69, 9.17) is 4.74 Å². The molecule has 5 rings (SSSR count). The van der Waals surface area contributed by atoms with Crippen LogP contribution in [0.3, 0.4) is 0 Å². The van der Waals surface area contributed by atoms with Gasteiger partial charge in [-0.05, 0) is 49.2 Å². The fourth-order valence-electron chi connectivity index (χ4n) is 3.60. The van der Waals surface area contributed by atoms with Crippen LogP contribution < -0.4 is 20.7 Å². The number of carbonyl (C=O) groups is 2. The number of pyridine rings is 1. The minimum atomic E-state index is -1.24. The number of nitrogens with one attached hydrogen (secondary N) is 3. The summed E-state index contributed by atoms with van der Waals surface area (Å²) in [5.74, 6) is -0.0366. The number of halogens is 2. The molecule has 3 aromatic rings. The van der Waals surface area contributed by atoms with Gasteiger partial charge in [0.15, 0.2) is 11.6 Å². The number of rotatable bonds is 6. The first-order valence-electron chi connectivity index (χ1n) is 10.7. The predicted octanol–water partition coefficient (Wildman–Crippen LogP) is 5.03. The Labute approximate surface area is 198 Å². The molecule has 7 nitrogen and oxygen atoms in total. The summed E-state index contributed by atoms with van der Waals surface area (Å²) < 4.78 is 33.6.